The first-order valence-electron chi connectivity index (χ1n) is 7.68. The minimum Gasteiger partial charge on any atom is -0.457 e. The zero-order valence-electron chi connectivity index (χ0n) is 13.2. The minimum atomic E-state index is -0.317. The van der Waals surface area contributed by atoms with Crippen LogP contribution in [-0.2, 0) is 11.3 Å². The van der Waals surface area contributed by atoms with Crippen molar-refractivity contribution >= 4 is 17.3 Å². The summed E-state index contributed by atoms with van der Waals surface area (Å²) in [7, 11) is 0. The molecule has 0 aliphatic carbocycles. The number of imidazole rings is 1. The van der Waals surface area contributed by atoms with E-state index in [2.05, 4.69) is 4.98 Å². The van der Waals surface area contributed by atoms with Crippen LogP contribution in [0, 0.1) is 5.82 Å². The van der Waals surface area contributed by atoms with Crippen molar-refractivity contribution < 1.29 is 18.7 Å². The summed E-state index contributed by atoms with van der Waals surface area (Å²) in [4.78, 5) is 15.6. The third-order valence-electron chi connectivity index (χ3n) is 3.57. The predicted molar refractivity (Wildman–Crippen MR) is 88.1 cm³/mol. The molecule has 0 spiro atoms. The molecule has 6 heteroatoms. The molecule has 0 bridgehead atoms. The maximum absolute atomic E-state index is 13.0. The number of rotatable bonds is 7. The van der Waals surface area contributed by atoms with E-state index in [4.69, 9.17) is 9.47 Å². The Morgan fingerprint density at radius 3 is 2.62 bits per heavy atom. The normalized spacial score (nSPS) is 10.9. The Labute approximate surface area is 138 Å². The molecular formula is C18H17FN2O3. The van der Waals surface area contributed by atoms with Gasteiger partial charge in [-0.05, 0) is 43.3 Å². The number of aldehydes is 1. The van der Waals surface area contributed by atoms with Gasteiger partial charge in [-0.15, -0.1) is 0 Å². The van der Waals surface area contributed by atoms with E-state index in [-0.39, 0.29) is 5.82 Å². The van der Waals surface area contributed by atoms with Gasteiger partial charge in [-0.1, -0.05) is 0 Å². The van der Waals surface area contributed by atoms with Crippen molar-refractivity contribution in [3.05, 3.63) is 54.1 Å². The van der Waals surface area contributed by atoms with E-state index in [0.717, 1.165) is 11.8 Å². The molecule has 0 atom stereocenters. The molecule has 0 fully saturated rings. The summed E-state index contributed by atoms with van der Waals surface area (Å²) < 4.78 is 25.9. The Hall–Kier alpha value is -2.73. The molecule has 124 valence electrons. The van der Waals surface area contributed by atoms with Gasteiger partial charge in [0.2, 0.25) is 0 Å². The van der Waals surface area contributed by atoms with Gasteiger partial charge >= 0.3 is 0 Å². The van der Waals surface area contributed by atoms with Gasteiger partial charge in [0.05, 0.1) is 17.6 Å². The highest BCUT2D eigenvalue weighted by Crippen LogP contribution is 2.26. The molecular weight excluding hydrogens is 311 g/mol. The molecule has 3 rings (SSSR count). The Kier molecular flexibility index (Phi) is 4.86. The van der Waals surface area contributed by atoms with Gasteiger partial charge in [0.15, 0.2) is 12.1 Å². The standard InChI is InChI=1S/C18H17FN2O3/c1-2-23-10-9-21-17-11-15(7-8-16(17)20-18(21)12-22)24-14-5-3-13(19)4-6-14/h3-8,11-12H,2,9-10H2,1H3. The lowest BCUT2D eigenvalue weighted by Crippen LogP contribution is -2.09. The summed E-state index contributed by atoms with van der Waals surface area (Å²) in [5.74, 6) is 1.15. The molecule has 5 nitrogen and oxygen atoms in total. The number of hydrogen-bond donors (Lipinski definition) is 0. The fourth-order valence-corrected chi connectivity index (χ4v) is 2.45. The maximum atomic E-state index is 13.0. The van der Waals surface area contributed by atoms with Crippen LogP contribution in [0.15, 0.2) is 42.5 Å². The molecule has 0 radical (unpaired) electrons. The predicted octanol–water partition coefficient (Wildman–Crippen LogP) is 3.82. The van der Waals surface area contributed by atoms with Crippen LogP contribution in [-0.4, -0.2) is 29.1 Å². The number of nitrogens with zero attached hydrogens (tertiary/aromatic N) is 2. The van der Waals surface area contributed by atoms with Gasteiger partial charge in [-0.25, -0.2) is 9.37 Å². The number of benzene rings is 2. The number of halogens is 1. The van der Waals surface area contributed by atoms with Crippen LogP contribution in [0.5, 0.6) is 11.5 Å². The SMILES string of the molecule is CCOCCn1c(C=O)nc2ccc(Oc3ccc(F)cc3)cc21. The molecule has 0 unspecified atom stereocenters. The number of ether oxygens (including phenoxy) is 2. The second kappa shape index (κ2) is 7.23. The van der Waals surface area contributed by atoms with Gasteiger partial charge in [0.25, 0.3) is 0 Å². The third-order valence-corrected chi connectivity index (χ3v) is 3.57. The average Bonchev–Trinajstić information content (AvgIpc) is 2.94. The summed E-state index contributed by atoms with van der Waals surface area (Å²) in [6.07, 6.45) is 0.729. The fourth-order valence-electron chi connectivity index (χ4n) is 2.45. The topological polar surface area (TPSA) is 53.4 Å². The molecule has 0 N–H and O–H groups in total. The molecule has 1 heterocycles. The van der Waals surface area contributed by atoms with Crippen LogP contribution >= 0.6 is 0 Å². The van der Waals surface area contributed by atoms with E-state index >= 15 is 0 Å². The van der Waals surface area contributed by atoms with E-state index < -0.39 is 0 Å². The third kappa shape index (κ3) is 3.44. The highest BCUT2D eigenvalue weighted by Gasteiger charge is 2.11. The molecule has 0 aliphatic heterocycles. The number of carbonyl (C=O) groups excluding carboxylic acids is 1. The first kappa shape index (κ1) is 16.1. The molecule has 1 aromatic heterocycles. The molecule has 0 saturated carbocycles. The van der Waals surface area contributed by atoms with Gasteiger partial charge in [-0.2, -0.15) is 0 Å². The molecule has 2 aromatic carbocycles. The zero-order chi connectivity index (χ0) is 16.9. The summed E-state index contributed by atoms with van der Waals surface area (Å²) in [5, 5.41) is 0. The van der Waals surface area contributed by atoms with Crippen LogP contribution in [0.2, 0.25) is 0 Å². The van der Waals surface area contributed by atoms with E-state index in [1.165, 1.54) is 12.1 Å². The van der Waals surface area contributed by atoms with Gasteiger partial charge in [-0.3, -0.25) is 4.79 Å². The van der Waals surface area contributed by atoms with Gasteiger partial charge < -0.3 is 14.0 Å². The lowest BCUT2D eigenvalue weighted by atomic mass is 10.3. The Morgan fingerprint density at radius 1 is 1.17 bits per heavy atom. The quantitative estimate of drug-likeness (QED) is 0.489. The largest absolute Gasteiger partial charge is 0.457 e. The highest BCUT2D eigenvalue weighted by molar-refractivity contribution is 5.84. The molecule has 0 amide bonds. The highest BCUT2D eigenvalue weighted by atomic mass is 19.1. The number of fused-ring (bicyclic) bond motifs is 1. The summed E-state index contributed by atoms with van der Waals surface area (Å²) in [6.45, 7) is 3.55. The lowest BCUT2D eigenvalue weighted by Gasteiger charge is -2.08. The molecule has 0 saturated heterocycles. The lowest BCUT2D eigenvalue weighted by molar-refractivity contribution is 0.110. The number of carbonyl (C=O) groups is 1. The second-order valence-electron chi connectivity index (χ2n) is 5.14. The van der Waals surface area contributed by atoms with Crippen molar-refractivity contribution in [3.8, 4) is 11.5 Å². The first-order valence-corrected chi connectivity index (χ1v) is 7.68. The van der Waals surface area contributed by atoms with Crippen LogP contribution in [0.3, 0.4) is 0 Å². The van der Waals surface area contributed by atoms with Crippen molar-refractivity contribution in [1.82, 2.24) is 9.55 Å². The van der Waals surface area contributed by atoms with Gasteiger partial charge in [0, 0.05) is 19.2 Å². The van der Waals surface area contributed by atoms with E-state index in [9.17, 15) is 9.18 Å². The monoisotopic (exact) mass is 328 g/mol. The van der Waals surface area contributed by atoms with Crippen LogP contribution in [0.4, 0.5) is 4.39 Å². The second-order valence-corrected chi connectivity index (χ2v) is 5.14. The van der Waals surface area contributed by atoms with E-state index in [0.29, 0.717) is 42.6 Å². The number of hydrogen-bond acceptors (Lipinski definition) is 4. The molecule has 3 aromatic rings. The number of aromatic nitrogens is 2. The van der Waals surface area contributed by atoms with E-state index in [1.54, 1.807) is 28.8 Å². The van der Waals surface area contributed by atoms with Crippen molar-refractivity contribution in [1.29, 1.82) is 0 Å². The summed E-state index contributed by atoms with van der Waals surface area (Å²) in [6, 6.07) is 11.2. The first-order chi connectivity index (χ1) is 11.7. The average molecular weight is 328 g/mol. The smallest absolute Gasteiger partial charge is 0.185 e. The van der Waals surface area contributed by atoms with Crippen molar-refractivity contribution in [2.75, 3.05) is 13.2 Å². The maximum Gasteiger partial charge on any atom is 0.185 e. The fraction of sp³-hybridized carbons (Fsp3) is 0.222. The van der Waals surface area contributed by atoms with Crippen molar-refractivity contribution in [2.24, 2.45) is 0 Å². The van der Waals surface area contributed by atoms with Crippen molar-refractivity contribution in [2.45, 2.75) is 13.5 Å². The minimum absolute atomic E-state index is 0.317. The van der Waals surface area contributed by atoms with Crippen molar-refractivity contribution in [3.63, 3.8) is 0 Å². The molecule has 24 heavy (non-hydrogen) atoms. The zero-order valence-corrected chi connectivity index (χ0v) is 13.2. The Balaban J connectivity index is 1.91. The van der Waals surface area contributed by atoms with Gasteiger partial charge in [0.1, 0.15) is 17.3 Å². The molecule has 0 aliphatic rings. The summed E-state index contributed by atoms with van der Waals surface area (Å²) >= 11 is 0. The van der Waals surface area contributed by atoms with Crippen LogP contribution < -0.4 is 4.74 Å². The Bertz CT molecular complexity index is 843. The summed E-state index contributed by atoms with van der Waals surface area (Å²) in [5.41, 5.74) is 1.50. The van der Waals surface area contributed by atoms with Crippen LogP contribution in [0.25, 0.3) is 11.0 Å². The van der Waals surface area contributed by atoms with E-state index in [1.807, 2.05) is 13.0 Å². The Morgan fingerprint density at radius 2 is 1.92 bits per heavy atom. The van der Waals surface area contributed by atoms with Crippen LogP contribution in [0.1, 0.15) is 17.5 Å².